The zero-order valence-electron chi connectivity index (χ0n) is 8.09. The van der Waals surface area contributed by atoms with E-state index in [1.54, 1.807) is 0 Å². The average molecular weight is 227 g/mol. The normalized spacial score (nSPS) is 11.9. The van der Waals surface area contributed by atoms with Crippen molar-refractivity contribution in [1.29, 1.82) is 0 Å². The maximum Gasteiger partial charge on any atom is 0.417 e. The number of benzene rings is 1. The first kappa shape index (κ1) is 11.9. The van der Waals surface area contributed by atoms with Crippen LogP contribution in [0.4, 0.5) is 4.79 Å². The molecule has 0 saturated carbocycles. The number of hydrogen-bond acceptors (Lipinski definition) is 4. The highest BCUT2D eigenvalue weighted by atomic mass is 32.1. The lowest BCUT2D eigenvalue weighted by molar-refractivity contribution is 0.109. The van der Waals surface area contributed by atoms with Crippen molar-refractivity contribution in [2.45, 2.75) is 12.5 Å². The van der Waals surface area contributed by atoms with Crippen molar-refractivity contribution in [3.05, 3.63) is 35.9 Å². The maximum absolute atomic E-state index is 10.6. The Morgan fingerprint density at radius 1 is 1.47 bits per heavy atom. The molecule has 82 valence electrons. The van der Waals surface area contributed by atoms with Gasteiger partial charge in [0.05, 0.1) is 12.7 Å². The molecule has 0 saturated heterocycles. The molecule has 15 heavy (non-hydrogen) atoms. The number of thiol groups is 1. The van der Waals surface area contributed by atoms with Gasteiger partial charge in [0.2, 0.25) is 0 Å². The molecule has 4 nitrogen and oxygen atoms in total. The lowest BCUT2D eigenvalue weighted by Crippen LogP contribution is -2.16. The minimum Gasteiger partial charge on any atom is -0.449 e. The highest BCUT2D eigenvalue weighted by Crippen LogP contribution is 2.15. The van der Waals surface area contributed by atoms with E-state index >= 15 is 0 Å². The molecule has 0 aliphatic carbocycles. The molecule has 1 aromatic rings. The molecule has 5 heteroatoms. The lowest BCUT2D eigenvalue weighted by atomic mass is 10.1. The number of ether oxygens (including phenoxy) is 1. The van der Waals surface area contributed by atoms with Gasteiger partial charge < -0.3 is 9.84 Å². The fraction of sp³-hybridized carbons (Fsp3) is 0.300. The SMILES string of the molecule is O=C(NS)OCCC(O)c1ccccc1. The number of carbonyl (C=O) groups is 1. The molecule has 0 fully saturated rings. The Balaban J connectivity index is 2.31. The van der Waals surface area contributed by atoms with Crippen LogP contribution >= 0.6 is 12.8 Å². The minimum absolute atomic E-state index is 0.155. The Kier molecular flexibility index (Phi) is 5.00. The lowest BCUT2D eigenvalue weighted by Gasteiger charge is -2.10. The number of amides is 1. The van der Waals surface area contributed by atoms with Crippen LogP contribution in [0.1, 0.15) is 18.1 Å². The van der Waals surface area contributed by atoms with Gasteiger partial charge in [-0.1, -0.05) is 43.1 Å². The largest absolute Gasteiger partial charge is 0.449 e. The van der Waals surface area contributed by atoms with E-state index in [-0.39, 0.29) is 6.61 Å². The summed E-state index contributed by atoms with van der Waals surface area (Å²) >= 11 is 3.52. The topological polar surface area (TPSA) is 58.6 Å². The molecule has 0 radical (unpaired) electrons. The third kappa shape index (κ3) is 4.22. The monoisotopic (exact) mass is 227 g/mol. The Morgan fingerprint density at radius 2 is 2.13 bits per heavy atom. The average Bonchev–Trinajstić information content (AvgIpc) is 2.29. The van der Waals surface area contributed by atoms with Crippen molar-refractivity contribution in [1.82, 2.24) is 4.72 Å². The van der Waals surface area contributed by atoms with Gasteiger partial charge in [-0.25, -0.2) is 4.79 Å². The minimum atomic E-state index is -0.612. The van der Waals surface area contributed by atoms with Crippen molar-refractivity contribution in [2.75, 3.05) is 6.61 Å². The first-order chi connectivity index (χ1) is 7.24. The first-order valence-corrected chi connectivity index (χ1v) is 4.98. The molecule has 0 aliphatic rings. The third-order valence-corrected chi connectivity index (χ3v) is 2.08. The molecule has 2 N–H and O–H groups in total. The molecule has 1 atom stereocenters. The van der Waals surface area contributed by atoms with Crippen LogP contribution in [0.25, 0.3) is 0 Å². The van der Waals surface area contributed by atoms with Gasteiger partial charge in [-0.15, -0.1) is 0 Å². The Bertz CT molecular complexity index is 305. The van der Waals surface area contributed by atoms with E-state index in [1.807, 2.05) is 35.1 Å². The second-order valence-electron chi connectivity index (χ2n) is 2.96. The van der Waals surface area contributed by atoms with Crippen molar-refractivity contribution >= 4 is 18.9 Å². The zero-order valence-corrected chi connectivity index (χ0v) is 8.98. The molecule has 0 bridgehead atoms. The molecule has 1 unspecified atom stereocenters. The van der Waals surface area contributed by atoms with Gasteiger partial charge in [-0.3, -0.25) is 4.72 Å². The maximum atomic E-state index is 10.6. The standard InChI is InChI=1S/C10H13NO3S/c12-9(6-7-14-10(13)11-15)8-4-2-1-3-5-8/h1-5,9,12,15H,6-7H2,(H,11,13). The predicted molar refractivity (Wildman–Crippen MR) is 59.5 cm³/mol. The van der Waals surface area contributed by atoms with E-state index < -0.39 is 12.2 Å². The molecule has 0 spiro atoms. The van der Waals surface area contributed by atoms with Crippen LogP contribution in [-0.2, 0) is 4.74 Å². The highest BCUT2D eigenvalue weighted by Gasteiger charge is 2.07. The summed E-state index contributed by atoms with van der Waals surface area (Å²) in [4.78, 5) is 10.6. The molecule has 1 amide bonds. The molecule has 1 aromatic carbocycles. The number of nitrogens with one attached hydrogen (secondary N) is 1. The number of aliphatic hydroxyl groups is 1. The van der Waals surface area contributed by atoms with Crippen LogP contribution in [0.3, 0.4) is 0 Å². The number of rotatable bonds is 4. The van der Waals surface area contributed by atoms with E-state index in [0.717, 1.165) is 5.56 Å². The fourth-order valence-electron chi connectivity index (χ4n) is 1.14. The summed E-state index contributed by atoms with van der Waals surface area (Å²) in [5.41, 5.74) is 0.812. The van der Waals surface area contributed by atoms with E-state index in [9.17, 15) is 9.90 Å². The zero-order chi connectivity index (χ0) is 11.1. The van der Waals surface area contributed by atoms with Crippen LogP contribution in [-0.4, -0.2) is 17.8 Å². The summed E-state index contributed by atoms with van der Waals surface area (Å²) in [5.74, 6) is 0. The quantitative estimate of drug-likeness (QED) is 0.686. The summed E-state index contributed by atoms with van der Waals surface area (Å²) in [7, 11) is 0. The van der Waals surface area contributed by atoms with Crippen LogP contribution in [0.5, 0.6) is 0 Å². The molecule has 0 heterocycles. The van der Waals surface area contributed by atoms with Crippen LogP contribution in [0.15, 0.2) is 30.3 Å². The first-order valence-electron chi connectivity index (χ1n) is 4.54. The molecular formula is C10H13NO3S. The number of hydrogen-bond donors (Lipinski definition) is 3. The summed E-state index contributed by atoms with van der Waals surface area (Å²) in [6.07, 6.45) is -0.858. The fourth-order valence-corrected chi connectivity index (χ4v) is 1.20. The number of aliphatic hydroxyl groups excluding tert-OH is 1. The molecule has 0 aliphatic heterocycles. The molecular weight excluding hydrogens is 214 g/mol. The van der Waals surface area contributed by atoms with Crippen LogP contribution in [0, 0.1) is 0 Å². The van der Waals surface area contributed by atoms with Gasteiger partial charge in [0.15, 0.2) is 0 Å². The van der Waals surface area contributed by atoms with Gasteiger partial charge in [0, 0.05) is 6.42 Å². The Morgan fingerprint density at radius 3 is 2.73 bits per heavy atom. The second kappa shape index (κ2) is 6.31. The van der Waals surface area contributed by atoms with Gasteiger partial charge in [0.25, 0.3) is 0 Å². The van der Waals surface area contributed by atoms with E-state index in [2.05, 4.69) is 12.8 Å². The third-order valence-electron chi connectivity index (χ3n) is 1.90. The van der Waals surface area contributed by atoms with Crippen molar-refractivity contribution in [3.63, 3.8) is 0 Å². The van der Waals surface area contributed by atoms with Crippen molar-refractivity contribution in [3.8, 4) is 0 Å². The highest BCUT2D eigenvalue weighted by molar-refractivity contribution is 7.78. The van der Waals surface area contributed by atoms with Gasteiger partial charge in [0.1, 0.15) is 0 Å². The van der Waals surface area contributed by atoms with Crippen molar-refractivity contribution < 1.29 is 14.6 Å². The van der Waals surface area contributed by atoms with E-state index in [1.165, 1.54) is 0 Å². The summed E-state index contributed by atoms with van der Waals surface area (Å²) in [6, 6.07) is 9.22. The smallest absolute Gasteiger partial charge is 0.417 e. The van der Waals surface area contributed by atoms with Gasteiger partial charge in [-0.2, -0.15) is 0 Å². The van der Waals surface area contributed by atoms with Crippen LogP contribution in [0.2, 0.25) is 0 Å². The summed E-state index contributed by atoms with van der Waals surface area (Å²) < 4.78 is 6.73. The number of carbonyl (C=O) groups excluding carboxylic acids is 1. The molecule has 0 aromatic heterocycles. The Hall–Kier alpha value is -1.20. The van der Waals surface area contributed by atoms with Gasteiger partial charge >= 0.3 is 6.09 Å². The predicted octanol–water partition coefficient (Wildman–Crippen LogP) is 1.68. The van der Waals surface area contributed by atoms with E-state index in [4.69, 9.17) is 4.74 Å². The molecule has 1 rings (SSSR count). The Labute approximate surface area is 93.8 Å². The van der Waals surface area contributed by atoms with Gasteiger partial charge in [-0.05, 0) is 5.56 Å². The van der Waals surface area contributed by atoms with Crippen molar-refractivity contribution in [2.24, 2.45) is 0 Å². The summed E-state index contributed by atoms with van der Waals surface area (Å²) in [5, 5.41) is 9.68. The van der Waals surface area contributed by atoms with Crippen LogP contribution < -0.4 is 4.72 Å². The van der Waals surface area contributed by atoms with E-state index in [0.29, 0.717) is 6.42 Å². The second-order valence-corrected chi connectivity index (χ2v) is 3.19. The summed E-state index contributed by atoms with van der Waals surface area (Å²) in [6.45, 7) is 0.155.